The highest BCUT2D eigenvalue weighted by molar-refractivity contribution is 5.36. The number of nitrogens with one attached hydrogen (secondary N) is 2. The van der Waals surface area contributed by atoms with E-state index in [0.717, 1.165) is 16.9 Å². The topological polar surface area (TPSA) is 115 Å². The van der Waals surface area contributed by atoms with E-state index in [1.165, 1.54) is 0 Å². The van der Waals surface area contributed by atoms with E-state index in [2.05, 4.69) is 20.9 Å². The predicted molar refractivity (Wildman–Crippen MR) is 105 cm³/mol. The van der Waals surface area contributed by atoms with Crippen LogP contribution < -0.4 is 26.1 Å². The Kier molecular flexibility index (Phi) is 7.35. The second-order valence-corrected chi connectivity index (χ2v) is 7.19. The molecule has 5 N–H and O–H groups in total. The zero-order valence-corrected chi connectivity index (χ0v) is 16.3. The van der Waals surface area contributed by atoms with Gasteiger partial charge in [-0.1, -0.05) is 12.1 Å². The molecule has 0 bridgehead atoms. The van der Waals surface area contributed by atoms with E-state index in [0.29, 0.717) is 24.8 Å². The van der Waals surface area contributed by atoms with Crippen molar-refractivity contribution in [2.24, 2.45) is 5.84 Å². The van der Waals surface area contributed by atoms with E-state index in [1.54, 1.807) is 12.1 Å². The lowest BCUT2D eigenvalue weighted by Crippen LogP contribution is -2.48. The van der Waals surface area contributed by atoms with Gasteiger partial charge in [0.15, 0.2) is 5.82 Å². The summed E-state index contributed by atoms with van der Waals surface area (Å²) in [6.07, 6.45) is -0.640. The predicted octanol–water partition coefficient (Wildman–Crippen LogP) is 1.57. The summed E-state index contributed by atoms with van der Waals surface area (Å²) in [5.41, 5.74) is 4.21. The first-order valence-electron chi connectivity index (χ1n) is 8.85. The Morgan fingerprint density at radius 2 is 1.93 bits per heavy atom. The van der Waals surface area contributed by atoms with Gasteiger partial charge < -0.3 is 25.3 Å². The highest BCUT2D eigenvalue weighted by Gasteiger charge is 2.20. The average Bonchev–Trinajstić information content (AvgIpc) is 2.66. The average molecular weight is 375 g/mol. The van der Waals surface area contributed by atoms with Crippen molar-refractivity contribution in [2.75, 3.05) is 25.2 Å². The van der Waals surface area contributed by atoms with Gasteiger partial charge in [0.05, 0.1) is 0 Å². The van der Waals surface area contributed by atoms with E-state index < -0.39 is 6.10 Å². The van der Waals surface area contributed by atoms with Crippen molar-refractivity contribution in [3.63, 3.8) is 0 Å². The number of nitrogens with zero attached hydrogens (tertiary/aromatic N) is 2. The molecule has 0 aliphatic rings. The van der Waals surface area contributed by atoms with Gasteiger partial charge in [0.25, 0.3) is 0 Å². The third-order valence-electron chi connectivity index (χ3n) is 3.96. The Morgan fingerprint density at radius 1 is 1.15 bits per heavy atom. The smallest absolute Gasteiger partial charge is 0.233 e. The van der Waals surface area contributed by atoms with Gasteiger partial charge in [-0.05, 0) is 51.0 Å². The second-order valence-electron chi connectivity index (χ2n) is 7.19. The molecule has 0 aliphatic carbocycles. The van der Waals surface area contributed by atoms with Gasteiger partial charge in [-0.2, -0.15) is 0 Å². The lowest BCUT2D eigenvalue weighted by Gasteiger charge is -2.27. The number of hydrogen-bond donors (Lipinski definition) is 4. The van der Waals surface area contributed by atoms with Gasteiger partial charge in [0, 0.05) is 18.2 Å². The number of anilines is 1. The van der Waals surface area contributed by atoms with Crippen LogP contribution in [0, 0.1) is 13.8 Å². The van der Waals surface area contributed by atoms with Crippen LogP contribution in [0.25, 0.3) is 0 Å². The zero-order chi connectivity index (χ0) is 19.9. The van der Waals surface area contributed by atoms with Crippen LogP contribution in [-0.2, 0) is 0 Å². The molecule has 1 aromatic carbocycles. The summed E-state index contributed by atoms with van der Waals surface area (Å²) in [4.78, 5) is 0. The molecule has 0 saturated carbocycles. The molecular weight excluding hydrogens is 346 g/mol. The molecule has 27 heavy (non-hydrogen) atoms. The first-order chi connectivity index (χ1) is 12.8. The van der Waals surface area contributed by atoms with Crippen LogP contribution in [0.15, 0.2) is 30.3 Å². The number of aliphatic hydroxyl groups is 1. The van der Waals surface area contributed by atoms with Crippen molar-refractivity contribution in [2.45, 2.75) is 39.3 Å². The molecule has 2 aromatic rings. The molecule has 148 valence electrons. The number of rotatable bonds is 10. The summed E-state index contributed by atoms with van der Waals surface area (Å²) in [7, 11) is 0. The minimum Gasteiger partial charge on any atom is -0.491 e. The monoisotopic (exact) mass is 375 g/mol. The first-order valence-corrected chi connectivity index (χ1v) is 8.85. The summed E-state index contributed by atoms with van der Waals surface area (Å²) in [5, 5.41) is 21.3. The van der Waals surface area contributed by atoms with Crippen molar-refractivity contribution in [1.29, 1.82) is 0 Å². The normalized spacial score (nSPS) is 12.5. The fraction of sp³-hybridized carbons (Fsp3) is 0.474. The first kappa shape index (κ1) is 20.9. The van der Waals surface area contributed by atoms with E-state index in [-0.39, 0.29) is 12.1 Å². The summed E-state index contributed by atoms with van der Waals surface area (Å²) < 4.78 is 11.4. The molecule has 0 aliphatic heterocycles. The van der Waals surface area contributed by atoms with E-state index in [9.17, 15) is 5.11 Å². The van der Waals surface area contributed by atoms with Gasteiger partial charge in [-0.3, -0.25) is 0 Å². The maximum Gasteiger partial charge on any atom is 0.233 e. The standard InChI is InChI=1S/C19H29N5O3/c1-13-5-6-14(2)16(9-13)26-11-15(25)10-21-19(3,4)12-27-18-8-7-17(22-20)23-24-18/h5-9,15,21,25H,10-12,20H2,1-4H3,(H,22,23). The number of aliphatic hydroxyl groups excluding tert-OH is 1. The molecule has 0 spiro atoms. The van der Waals surface area contributed by atoms with Crippen LogP contribution in [0.4, 0.5) is 5.82 Å². The number of hydrogen-bond acceptors (Lipinski definition) is 8. The number of nitrogens with two attached hydrogens (primary N) is 1. The molecule has 0 amide bonds. The molecule has 0 fully saturated rings. The Hall–Kier alpha value is -2.42. The van der Waals surface area contributed by atoms with Gasteiger partial charge >= 0.3 is 0 Å². The summed E-state index contributed by atoms with van der Waals surface area (Å²) in [6, 6.07) is 9.38. The molecule has 1 aromatic heterocycles. The van der Waals surface area contributed by atoms with Crippen LogP contribution in [0.2, 0.25) is 0 Å². The molecule has 1 unspecified atom stereocenters. The van der Waals surface area contributed by atoms with Gasteiger partial charge in [-0.15, -0.1) is 10.2 Å². The molecule has 8 heteroatoms. The second kappa shape index (κ2) is 9.50. The Labute approximate surface area is 160 Å². The summed E-state index contributed by atoms with van der Waals surface area (Å²) >= 11 is 0. The number of β-amino-alcohol motifs (C(OH)–C–C–N with tert-alkyl or cyclic N) is 1. The molecule has 0 saturated heterocycles. The lowest BCUT2D eigenvalue weighted by molar-refractivity contribution is 0.0920. The molecule has 8 nitrogen and oxygen atoms in total. The Bertz CT molecular complexity index is 722. The third kappa shape index (κ3) is 7.01. The molecule has 0 radical (unpaired) electrons. The molecular formula is C19H29N5O3. The minimum atomic E-state index is -0.640. The van der Waals surface area contributed by atoms with Crippen molar-refractivity contribution < 1.29 is 14.6 Å². The number of benzene rings is 1. The highest BCUT2D eigenvalue weighted by Crippen LogP contribution is 2.19. The number of nitrogen functional groups attached to an aromatic ring is 1. The maximum atomic E-state index is 10.2. The maximum absolute atomic E-state index is 10.2. The lowest BCUT2D eigenvalue weighted by atomic mass is 10.1. The Morgan fingerprint density at radius 3 is 2.59 bits per heavy atom. The fourth-order valence-corrected chi connectivity index (χ4v) is 2.28. The van der Waals surface area contributed by atoms with Crippen LogP contribution in [0.5, 0.6) is 11.6 Å². The largest absolute Gasteiger partial charge is 0.491 e. The third-order valence-corrected chi connectivity index (χ3v) is 3.96. The van der Waals surface area contributed by atoms with Crippen molar-refractivity contribution in [1.82, 2.24) is 15.5 Å². The van der Waals surface area contributed by atoms with Crippen molar-refractivity contribution >= 4 is 5.82 Å². The number of aromatic nitrogens is 2. The van der Waals surface area contributed by atoms with Gasteiger partial charge in [-0.25, -0.2) is 5.84 Å². The fourth-order valence-electron chi connectivity index (χ4n) is 2.28. The van der Waals surface area contributed by atoms with E-state index in [1.807, 2.05) is 45.9 Å². The summed E-state index contributed by atoms with van der Waals surface area (Å²) in [6.45, 7) is 8.91. The SMILES string of the molecule is Cc1ccc(C)c(OCC(O)CNC(C)(C)COc2ccc(NN)nn2)c1. The Balaban J connectivity index is 1.75. The molecule has 2 rings (SSSR count). The van der Waals surface area contributed by atoms with Gasteiger partial charge in [0.2, 0.25) is 5.88 Å². The van der Waals surface area contributed by atoms with Crippen LogP contribution >= 0.6 is 0 Å². The van der Waals surface area contributed by atoms with Crippen LogP contribution in [0.3, 0.4) is 0 Å². The highest BCUT2D eigenvalue weighted by atomic mass is 16.5. The van der Waals surface area contributed by atoms with E-state index >= 15 is 0 Å². The number of aryl methyl sites for hydroxylation is 2. The van der Waals surface area contributed by atoms with Crippen molar-refractivity contribution in [3.8, 4) is 11.6 Å². The van der Waals surface area contributed by atoms with Gasteiger partial charge in [0.1, 0.15) is 25.1 Å². The molecule has 1 heterocycles. The quantitative estimate of drug-likeness (QED) is 0.365. The zero-order valence-electron chi connectivity index (χ0n) is 16.3. The summed E-state index contributed by atoms with van der Waals surface area (Å²) in [5.74, 6) is 6.92. The van der Waals surface area contributed by atoms with Crippen LogP contribution in [0.1, 0.15) is 25.0 Å². The molecule has 1 atom stereocenters. The van der Waals surface area contributed by atoms with Crippen LogP contribution in [-0.4, -0.2) is 46.7 Å². The number of ether oxygens (including phenoxy) is 2. The number of hydrazine groups is 1. The minimum absolute atomic E-state index is 0.216. The van der Waals surface area contributed by atoms with Crippen molar-refractivity contribution in [3.05, 3.63) is 41.5 Å². The van der Waals surface area contributed by atoms with E-state index in [4.69, 9.17) is 15.3 Å².